The van der Waals surface area contributed by atoms with Crippen molar-refractivity contribution in [3.8, 4) is 11.4 Å². The van der Waals surface area contributed by atoms with Crippen LogP contribution in [0.3, 0.4) is 0 Å². The van der Waals surface area contributed by atoms with Crippen molar-refractivity contribution in [2.45, 2.75) is 20.4 Å². The smallest absolute Gasteiger partial charge is 0.163 e. The third-order valence-electron chi connectivity index (χ3n) is 4.48. The zero-order valence-corrected chi connectivity index (χ0v) is 16.6. The van der Waals surface area contributed by atoms with E-state index in [1.807, 2.05) is 48.5 Å². The largest absolute Gasteiger partial charge is 0.366 e. The summed E-state index contributed by atoms with van der Waals surface area (Å²) in [7, 11) is 0. The monoisotopic (exact) mass is 381 g/mol. The van der Waals surface area contributed by atoms with Gasteiger partial charge in [0.15, 0.2) is 5.82 Å². The number of benzene rings is 2. The number of anilines is 3. The van der Waals surface area contributed by atoms with Crippen molar-refractivity contribution < 1.29 is 0 Å². The molecule has 4 rings (SSSR count). The minimum Gasteiger partial charge on any atom is -0.366 e. The van der Waals surface area contributed by atoms with Crippen molar-refractivity contribution in [1.82, 2.24) is 15.0 Å². The van der Waals surface area contributed by atoms with Crippen LogP contribution in [0.5, 0.6) is 0 Å². The molecule has 0 aliphatic rings. The van der Waals surface area contributed by atoms with Crippen molar-refractivity contribution in [2.75, 3.05) is 10.6 Å². The highest BCUT2D eigenvalue weighted by molar-refractivity contribution is 5.65. The maximum atomic E-state index is 4.74. The molecule has 0 aliphatic heterocycles. The van der Waals surface area contributed by atoms with Gasteiger partial charge in [-0.2, -0.15) is 0 Å². The van der Waals surface area contributed by atoms with Crippen LogP contribution in [0.15, 0.2) is 79.1 Å². The van der Waals surface area contributed by atoms with E-state index < -0.39 is 0 Å². The number of hydrogen-bond acceptors (Lipinski definition) is 5. The minimum atomic E-state index is 0.663. The van der Waals surface area contributed by atoms with E-state index in [9.17, 15) is 0 Å². The summed E-state index contributed by atoms with van der Waals surface area (Å²) >= 11 is 0. The van der Waals surface area contributed by atoms with Crippen LogP contribution < -0.4 is 10.6 Å². The first-order chi connectivity index (χ1) is 14.2. The van der Waals surface area contributed by atoms with Crippen LogP contribution in [0.25, 0.3) is 11.4 Å². The predicted molar refractivity (Wildman–Crippen MR) is 118 cm³/mol. The highest BCUT2D eigenvalue weighted by Crippen LogP contribution is 2.24. The normalized spacial score (nSPS) is 10.6. The van der Waals surface area contributed by atoms with Gasteiger partial charge in [-0.3, -0.25) is 4.98 Å². The Hall–Kier alpha value is -3.73. The van der Waals surface area contributed by atoms with Gasteiger partial charge in [-0.25, -0.2) is 9.97 Å². The molecule has 0 saturated carbocycles. The molecule has 0 saturated heterocycles. The molecule has 2 aromatic heterocycles. The van der Waals surface area contributed by atoms with Crippen molar-refractivity contribution in [3.63, 3.8) is 0 Å². The first-order valence-corrected chi connectivity index (χ1v) is 9.58. The number of rotatable bonds is 6. The molecule has 144 valence electrons. The minimum absolute atomic E-state index is 0.663. The molecule has 0 amide bonds. The third kappa shape index (κ3) is 4.96. The summed E-state index contributed by atoms with van der Waals surface area (Å²) in [4.78, 5) is 13.5. The molecule has 2 aromatic carbocycles. The first-order valence-electron chi connectivity index (χ1n) is 9.58. The molecule has 0 unspecified atom stereocenters. The number of nitrogens with one attached hydrogen (secondary N) is 2. The van der Waals surface area contributed by atoms with Gasteiger partial charge in [0, 0.05) is 36.3 Å². The fourth-order valence-corrected chi connectivity index (χ4v) is 3.21. The van der Waals surface area contributed by atoms with Crippen molar-refractivity contribution >= 4 is 17.3 Å². The topological polar surface area (TPSA) is 62.7 Å². The van der Waals surface area contributed by atoms with Crippen molar-refractivity contribution in [2.24, 2.45) is 0 Å². The number of aromatic nitrogens is 3. The van der Waals surface area contributed by atoms with Gasteiger partial charge < -0.3 is 10.6 Å². The SMILES string of the molecule is Cc1cc(C)cc(Nc2cc(NCc3ccncc3)nc(-c3ccccc3)n2)c1. The Labute approximate surface area is 170 Å². The van der Waals surface area contributed by atoms with E-state index in [2.05, 4.69) is 47.7 Å². The number of nitrogens with zero attached hydrogens (tertiary/aromatic N) is 3. The average molecular weight is 381 g/mol. The molecule has 2 heterocycles. The zero-order valence-electron chi connectivity index (χ0n) is 16.6. The lowest BCUT2D eigenvalue weighted by atomic mass is 10.1. The summed E-state index contributed by atoms with van der Waals surface area (Å²) in [5, 5.41) is 6.83. The van der Waals surface area contributed by atoms with E-state index in [1.54, 1.807) is 12.4 Å². The van der Waals surface area contributed by atoms with Crippen LogP contribution in [-0.4, -0.2) is 15.0 Å². The Morgan fingerprint density at radius 2 is 1.45 bits per heavy atom. The van der Waals surface area contributed by atoms with Gasteiger partial charge in [0.05, 0.1) is 0 Å². The summed E-state index contributed by atoms with van der Waals surface area (Å²) in [5.41, 5.74) is 5.55. The Bertz CT molecular complexity index is 1070. The first kappa shape index (κ1) is 18.6. The molecule has 0 aliphatic carbocycles. The maximum absolute atomic E-state index is 4.74. The zero-order chi connectivity index (χ0) is 20.1. The van der Waals surface area contributed by atoms with Gasteiger partial charge in [0.1, 0.15) is 11.6 Å². The maximum Gasteiger partial charge on any atom is 0.163 e. The summed E-state index contributed by atoms with van der Waals surface area (Å²) in [6, 6.07) is 22.3. The predicted octanol–water partition coefficient (Wildman–Crippen LogP) is 5.51. The second-order valence-electron chi connectivity index (χ2n) is 7.04. The van der Waals surface area contributed by atoms with Crippen LogP contribution in [0.1, 0.15) is 16.7 Å². The quantitative estimate of drug-likeness (QED) is 0.461. The molecule has 4 aromatic rings. The van der Waals surface area contributed by atoms with E-state index in [0.717, 1.165) is 28.5 Å². The lowest BCUT2D eigenvalue weighted by Gasteiger charge is -2.13. The Balaban J connectivity index is 1.65. The standard InChI is InChI=1S/C24H23N5/c1-17-12-18(2)14-21(13-17)27-23-15-22(26-16-19-8-10-25-11-9-19)28-24(29-23)20-6-4-3-5-7-20/h3-15H,16H2,1-2H3,(H2,26,27,28,29). The second-order valence-corrected chi connectivity index (χ2v) is 7.04. The number of hydrogen-bond donors (Lipinski definition) is 2. The highest BCUT2D eigenvalue weighted by Gasteiger charge is 2.08. The fourth-order valence-electron chi connectivity index (χ4n) is 3.21. The lowest BCUT2D eigenvalue weighted by Crippen LogP contribution is -2.05. The molecule has 29 heavy (non-hydrogen) atoms. The van der Waals surface area contributed by atoms with Crippen molar-refractivity contribution in [1.29, 1.82) is 0 Å². The van der Waals surface area contributed by atoms with Crippen LogP contribution in [-0.2, 0) is 6.54 Å². The van der Waals surface area contributed by atoms with Crippen LogP contribution >= 0.6 is 0 Å². The molecule has 0 fully saturated rings. The Morgan fingerprint density at radius 1 is 0.759 bits per heavy atom. The molecule has 5 nitrogen and oxygen atoms in total. The van der Waals surface area contributed by atoms with Gasteiger partial charge in [0.25, 0.3) is 0 Å². The molecular weight excluding hydrogens is 358 g/mol. The summed E-state index contributed by atoms with van der Waals surface area (Å²) in [5.74, 6) is 2.20. The molecule has 5 heteroatoms. The van der Waals surface area contributed by atoms with Gasteiger partial charge in [-0.15, -0.1) is 0 Å². The van der Waals surface area contributed by atoms with Crippen LogP contribution in [0.2, 0.25) is 0 Å². The van der Waals surface area contributed by atoms with Crippen LogP contribution in [0.4, 0.5) is 17.3 Å². The average Bonchev–Trinajstić information content (AvgIpc) is 2.73. The Morgan fingerprint density at radius 3 is 2.17 bits per heavy atom. The Kier molecular flexibility index (Phi) is 5.47. The highest BCUT2D eigenvalue weighted by atomic mass is 15.1. The van der Waals surface area contributed by atoms with Gasteiger partial charge in [0.2, 0.25) is 0 Å². The van der Waals surface area contributed by atoms with Gasteiger partial charge in [-0.1, -0.05) is 36.4 Å². The molecule has 2 N–H and O–H groups in total. The van der Waals surface area contributed by atoms with E-state index in [4.69, 9.17) is 9.97 Å². The molecule has 0 bridgehead atoms. The van der Waals surface area contributed by atoms with E-state index >= 15 is 0 Å². The van der Waals surface area contributed by atoms with E-state index in [-0.39, 0.29) is 0 Å². The van der Waals surface area contributed by atoms with Gasteiger partial charge in [-0.05, 0) is 54.8 Å². The molecule has 0 spiro atoms. The molecule has 0 radical (unpaired) electrons. The second kappa shape index (κ2) is 8.52. The fraction of sp³-hybridized carbons (Fsp3) is 0.125. The molecule has 0 atom stereocenters. The third-order valence-corrected chi connectivity index (χ3v) is 4.48. The van der Waals surface area contributed by atoms with E-state index in [1.165, 1.54) is 11.1 Å². The number of aryl methyl sites for hydroxylation is 2. The van der Waals surface area contributed by atoms with Gasteiger partial charge >= 0.3 is 0 Å². The summed E-state index contributed by atoms with van der Waals surface area (Å²) < 4.78 is 0. The van der Waals surface area contributed by atoms with E-state index in [0.29, 0.717) is 12.4 Å². The van der Waals surface area contributed by atoms with Crippen molar-refractivity contribution in [3.05, 3.63) is 95.8 Å². The lowest BCUT2D eigenvalue weighted by molar-refractivity contribution is 1.08. The molecular formula is C24H23N5. The summed E-state index contributed by atoms with van der Waals surface area (Å²) in [6.45, 7) is 4.85. The summed E-state index contributed by atoms with van der Waals surface area (Å²) in [6.07, 6.45) is 3.58. The van der Waals surface area contributed by atoms with Crippen LogP contribution in [0, 0.1) is 13.8 Å². The number of pyridine rings is 1.